The molecule has 3 rings (SSSR count). The van der Waals surface area contributed by atoms with E-state index >= 15 is 0 Å². The minimum atomic E-state index is 1.12. The third kappa shape index (κ3) is 2.82. The first kappa shape index (κ1) is 16.0. The van der Waals surface area contributed by atoms with E-state index in [9.17, 15) is 0 Å². The second-order valence-corrected chi connectivity index (χ2v) is 8.04. The van der Waals surface area contributed by atoms with Gasteiger partial charge in [-0.1, -0.05) is 46.8 Å². The predicted octanol–water partition coefficient (Wildman–Crippen LogP) is 7.57. The molecule has 0 aliphatic carbocycles. The molecule has 0 saturated carbocycles. The molecule has 22 heavy (non-hydrogen) atoms. The Balaban J connectivity index is 2.44. The van der Waals surface area contributed by atoms with E-state index in [1.807, 2.05) is 23.5 Å². The van der Waals surface area contributed by atoms with Crippen molar-refractivity contribution in [1.29, 1.82) is 0 Å². The molecule has 0 bridgehead atoms. The molecule has 0 fully saturated rings. The predicted molar refractivity (Wildman–Crippen MR) is 113 cm³/mol. The minimum absolute atomic E-state index is 1.12. The fourth-order valence-corrected chi connectivity index (χ4v) is 4.81. The first-order valence-electron chi connectivity index (χ1n) is 6.91. The zero-order valence-electron chi connectivity index (χ0n) is 12.1. The molecule has 1 heterocycles. The Morgan fingerprint density at radius 3 is 2.73 bits per heavy atom. The van der Waals surface area contributed by atoms with Gasteiger partial charge in [0.2, 0.25) is 0 Å². The van der Waals surface area contributed by atoms with Crippen LogP contribution in [-0.4, -0.2) is 0 Å². The number of fused-ring (bicyclic) bond motifs is 3. The molecule has 0 atom stereocenters. The van der Waals surface area contributed by atoms with Crippen molar-refractivity contribution in [2.75, 3.05) is 0 Å². The topological polar surface area (TPSA) is 0 Å². The number of allylic oxidation sites excluding steroid dienone is 5. The summed E-state index contributed by atoms with van der Waals surface area (Å²) < 4.78 is 5.04. The molecule has 0 aliphatic heterocycles. The Bertz CT molecular complexity index is 931. The zero-order chi connectivity index (χ0) is 15.7. The van der Waals surface area contributed by atoms with Gasteiger partial charge in [0.1, 0.15) is 0 Å². The molecule has 3 aromatic rings. The lowest BCUT2D eigenvalue weighted by Crippen LogP contribution is -1.88. The lowest BCUT2D eigenvalue weighted by Gasteiger charge is -2.08. The number of benzene rings is 2. The van der Waals surface area contributed by atoms with Crippen molar-refractivity contribution in [3.8, 4) is 0 Å². The van der Waals surface area contributed by atoms with Crippen LogP contribution in [0.25, 0.3) is 25.7 Å². The summed E-state index contributed by atoms with van der Waals surface area (Å²) in [5.41, 5.74) is 2.54. The Morgan fingerprint density at radius 2 is 2.00 bits per heavy atom. The molecule has 0 amide bonds. The first-order valence-corrected chi connectivity index (χ1v) is 9.60. The lowest BCUT2D eigenvalue weighted by molar-refractivity contribution is 1.62. The Morgan fingerprint density at radius 1 is 1.23 bits per heavy atom. The lowest BCUT2D eigenvalue weighted by atomic mass is 9.99. The molecule has 0 unspecified atom stereocenters. The fraction of sp³-hybridized carbons (Fsp3) is 0.0526. The van der Waals surface area contributed by atoms with Crippen LogP contribution in [0.15, 0.2) is 65.7 Å². The molecule has 0 N–H and O–H groups in total. The maximum Gasteiger partial charge on any atom is 0.0362 e. The van der Waals surface area contributed by atoms with Crippen molar-refractivity contribution < 1.29 is 0 Å². The van der Waals surface area contributed by atoms with E-state index in [1.54, 1.807) is 0 Å². The molecular formula is C19H14BrIS. The van der Waals surface area contributed by atoms with Crippen LogP contribution in [-0.2, 0) is 0 Å². The summed E-state index contributed by atoms with van der Waals surface area (Å²) in [6.45, 7) is 5.86. The summed E-state index contributed by atoms with van der Waals surface area (Å²) in [7, 11) is 0. The van der Waals surface area contributed by atoms with Gasteiger partial charge in [-0.25, -0.2) is 0 Å². The van der Waals surface area contributed by atoms with Crippen LogP contribution in [0.1, 0.15) is 12.5 Å². The van der Waals surface area contributed by atoms with Crippen molar-refractivity contribution in [3.63, 3.8) is 0 Å². The minimum Gasteiger partial charge on any atom is -0.135 e. The van der Waals surface area contributed by atoms with Crippen LogP contribution >= 0.6 is 49.9 Å². The largest absolute Gasteiger partial charge is 0.135 e. The van der Waals surface area contributed by atoms with Gasteiger partial charge < -0.3 is 0 Å². The van der Waals surface area contributed by atoms with E-state index < -0.39 is 0 Å². The molecule has 2 aromatic carbocycles. The van der Waals surface area contributed by atoms with Gasteiger partial charge in [-0.3, -0.25) is 0 Å². The number of thiophene rings is 1. The van der Waals surface area contributed by atoms with Gasteiger partial charge in [-0.15, -0.1) is 11.3 Å². The third-order valence-corrected chi connectivity index (χ3v) is 6.09. The number of rotatable bonds is 3. The molecule has 1 aromatic heterocycles. The van der Waals surface area contributed by atoms with E-state index in [2.05, 4.69) is 94.5 Å². The van der Waals surface area contributed by atoms with E-state index in [-0.39, 0.29) is 0 Å². The fourth-order valence-electron chi connectivity index (χ4n) is 2.59. The highest BCUT2D eigenvalue weighted by Crippen LogP contribution is 2.41. The quantitative estimate of drug-likeness (QED) is 0.268. The maximum atomic E-state index is 3.78. The SMILES string of the molecule is C=C/C=C\C(=C/C)c1c(I)ccc2sc3ccc(Br)cc3c12. The zero-order valence-corrected chi connectivity index (χ0v) is 16.6. The van der Waals surface area contributed by atoms with Gasteiger partial charge in [0.25, 0.3) is 0 Å². The summed E-state index contributed by atoms with van der Waals surface area (Å²) >= 11 is 7.88. The molecule has 0 aliphatic rings. The monoisotopic (exact) mass is 480 g/mol. The number of hydrogen-bond acceptors (Lipinski definition) is 1. The highest BCUT2D eigenvalue weighted by atomic mass is 127. The standard InChI is InChI=1S/C19H14BrIS/c1-3-5-6-12(4-2)18-15(21)8-10-17-19(18)14-11-13(20)7-9-16(14)22-17/h3-11H,1H2,2H3/b6-5-,12-4+. The Labute approximate surface area is 156 Å². The smallest absolute Gasteiger partial charge is 0.0362 e. The Kier molecular flexibility index (Phi) is 4.85. The number of hydrogen-bond donors (Lipinski definition) is 0. The van der Waals surface area contributed by atoms with Crippen LogP contribution in [0.4, 0.5) is 0 Å². The molecule has 0 nitrogen and oxygen atoms in total. The van der Waals surface area contributed by atoms with Gasteiger partial charge in [-0.2, -0.15) is 0 Å². The normalized spacial score (nSPS) is 12.6. The van der Waals surface area contributed by atoms with E-state index in [0.717, 1.165) is 4.47 Å². The van der Waals surface area contributed by atoms with Gasteiger partial charge >= 0.3 is 0 Å². The van der Waals surface area contributed by atoms with Crippen LogP contribution in [0.5, 0.6) is 0 Å². The average molecular weight is 481 g/mol. The van der Waals surface area contributed by atoms with Crippen molar-refractivity contribution in [2.45, 2.75) is 6.92 Å². The first-order chi connectivity index (χ1) is 10.7. The van der Waals surface area contributed by atoms with Crippen LogP contribution in [0.2, 0.25) is 0 Å². The highest BCUT2D eigenvalue weighted by molar-refractivity contribution is 14.1. The average Bonchev–Trinajstić information content (AvgIpc) is 2.87. The van der Waals surface area contributed by atoms with Crippen LogP contribution in [0.3, 0.4) is 0 Å². The van der Waals surface area contributed by atoms with Gasteiger partial charge in [0.05, 0.1) is 0 Å². The molecule has 0 saturated heterocycles. The third-order valence-electron chi connectivity index (χ3n) is 3.56. The van der Waals surface area contributed by atoms with Crippen LogP contribution in [0, 0.1) is 3.57 Å². The van der Waals surface area contributed by atoms with Crippen molar-refractivity contribution in [2.24, 2.45) is 0 Å². The Hall–Kier alpha value is -0.910. The molecule has 0 spiro atoms. The summed E-state index contributed by atoms with van der Waals surface area (Å²) in [6.07, 6.45) is 8.11. The van der Waals surface area contributed by atoms with E-state index in [0.29, 0.717) is 0 Å². The van der Waals surface area contributed by atoms with Gasteiger partial charge in [-0.05, 0) is 65.4 Å². The second-order valence-electron chi connectivity index (χ2n) is 4.88. The summed E-state index contributed by atoms with van der Waals surface area (Å²) in [5, 5.41) is 2.66. The number of halogens is 2. The van der Waals surface area contributed by atoms with Gasteiger partial charge in [0, 0.05) is 33.8 Å². The maximum absolute atomic E-state index is 3.78. The van der Waals surface area contributed by atoms with Crippen molar-refractivity contribution in [3.05, 3.63) is 74.8 Å². The summed E-state index contributed by atoms with van der Waals surface area (Å²) in [6, 6.07) is 10.9. The highest BCUT2D eigenvalue weighted by Gasteiger charge is 2.14. The van der Waals surface area contributed by atoms with Gasteiger partial charge in [0.15, 0.2) is 0 Å². The van der Waals surface area contributed by atoms with Crippen LogP contribution < -0.4 is 0 Å². The molecule has 3 heteroatoms. The second kappa shape index (κ2) is 6.69. The molecule has 110 valence electrons. The van der Waals surface area contributed by atoms with E-state index in [1.165, 1.54) is 34.9 Å². The van der Waals surface area contributed by atoms with Crippen molar-refractivity contribution in [1.82, 2.24) is 0 Å². The van der Waals surface area contributed by atoms with Crippen molar-refractivity contribution >= 4 is 75.6 Å². The van der Waals surface area contributed by atoms with E-state index in [4.69, 9.17) is 0 Å². The molecular weight excluding hydrogens is 467 g/mol. The molecule has 0 radical (unpaired) electrons. The summed E-state index contributed by atoms with van der Waals surface area (Å²) in [4.78, 5) is 0. The summed E-state index contributed by atoms with van der Waals surface area (Å²) in [5.74, 6) is 0.